The van der Waals surface area contributed by atoms with E-state index >= 15 is 0 Å². The van der Waals surface area contributed by atoms with Gasteiger partial charge in [0.15, 0.2) is 0 Å². The quantitative estimate of drug-likeness (QED) is 0.757. The number of sulfonamides is 1. The Morgan fingerprint density at radius 3 is 2.35 bits per heavy atom. The molecule has 2 aromatic rings. The van der Waals surface area contributed by atoms with Crippen LogP contribution >= 0.6 is 11.6 Å². The van der Waals surface area contributed by atoms with Crippen molar-refractivity contribution in [2.75, 3.05) is 12.4 Å². The number of nitrogens with one attached hydrogen (secondary N) is 1. The molecular weight excluding hydrogens is 344 g/mol. The van der Waals surface area contributed by atoms with Crippen molar-refractivity contribution in [1.29, 1.82) is 0 Å². The predicted octanol–water partition coefficient (Wildman–Crippen LogP) is 2.44. The molecule has 0 aromatic heterocycles. The molecule has 0 atom stereocenters. The lowest BCUT2D eigenvalue weighted by atomic mass is 10.1. The fraction of sp³-hybridized carbons (Fsp3) is 0.0714. The van der Waals surface area contributed by atoms with Crippen molar-refractivity contribution < 1.29 is 23.1 Å². The normalized spacial score (nSPS) is 11.1. The number of hydrogen-bond acceptors (Lipinski definition) is 5. The van der Waals surface area contributed by atoms with E-state index in [0.717, 1.165) is 6.07 Å². The van der Waals surface area contributed by atoms with Crippen molar-refractivity contribution in [1.82, 2.24) is 0 Å². The van der Waals surface area contributed by atoms with Gasteiger partial charge in [0.05, 0.1) is 23.4 Å². The summed E-state index contributed by atoms with van der Waals surface area (Å²) in [5.74, 6) is -0.681. The molecular formula is C14H13ClN2O5S. The van der Waals surface area contributed by atoms with Gasteiger partial charge in [-0.15, -0.1) is 0 Å². The second-order valence-electron chi connectivity index (χ2n) is 4.53. The highest BCUT2D eigenvalue weighted by molar-refractivity contribution is 7.89. The maximum Gasteiger partial charge on any atom is 0.337 e. The van der Waals surface area contributed by atoms with Crippen molar-refractivity contribution >= 4 is 39.0 Å². The van der Waals surface area contributed by atoms with Crippen LogP contribution in [-0.4, -0.2) is 26.6 Å². The summed E-state index contributed by atoms with van der Waals surface area (Å²) in [4.78, 5) is 10.9. The van der Waals surface area contributed by atoms with E-state index in [9.17, 15) is 18.3 Å². The van der Waals surface area contributed by atoms with Gasteiger partial charge < -0.3 is 15.2 Å². The third-order valence-corrected chi connectivity index (χ3v) is 4.35. The lowest BCUT2D eigenvalue weighted by Crippen LogP contribution is -2.14. The molecule has 0 fully saturated rings. The number of hydrogen-bond donors (Lipinski definition) is 3. The molecule has 0 radical (unpaired) electrons. The topological polar surface area (TPSA) is 119 Å². The lowest BCUT2D eigenvalue weighted by Gasteiger charge is -2.12. The van der Waals surface area contributed by atoms with Gasteiger partial charge in [-0.25, -0.2) is 18.4 Å². The number of carbonyl (C=O) groups is 1. The van der Waals surface area contributed by atoms with Crippen molar-refractivity contribution in [3.05, 3.63) is 47.0 Å². The van der Waals surface area contributed by atoms with Crippen molar-refractivity contribution in [3.8, 4) is 5.75 Å². The average molecular weight is 357 g/mol. The summed E-state index contributed by atoms with van der Waals surface area (Å²) in [5.41, 5.74) is 0.446. The highest BCUT2D eigenvalue weighted by Crippen LogP contribution is 2.30. The Hall–Kier alpha value is -2.29. The Labute approximate surface area is 137 Å². The Morgan fingerprint density at radius 2 is 1.87 bits per heavy atom. The number of carboxylic acid groups (broad SMARTS) is 1. The molecule has 23 heavy (non-hydrogen) atoms. The van der Waals surface area contributed by atoms with Gasteiger partial charge in [0.1, 0.15) is 10.6 Å². The number of primary sulfonamides is 1. The summed E-state index contributed by atoms with van der Waals surface area (Å²) in [6.07, 6.45) is 0. The average Bonchev–Trinajstić information content (AvgIpc) is 2.46. The number of halogens is 1. The molecule has 0 saturated carbocycles. The summed E-state index contributed by atoms with van der Waals surface area (Å²) in [7, 11) is -2.60. The Morgan fingerprint density at radius 1 is 1.26 bits per heavy atom. The van der Waals surface area contributed by atoms with Crippen LogP contribution in [0.5, 0.6) is 5.75 Å². The molecule has 0 spiro atoms. The molecule has 0 aliphatic rings. The standard InChI is InChI=1S/C14H13ClN2O5S/c1-22-9-4-2-8(3-5-9)17-12-7-11(15)13(23(16,20)21)6-10(12)14(18)19/h2-7,17H,1H3,(H,18,19)(H2,16,20,21). The molecule has 7 nitrogen and oxygen atoms in total. The number of ether oxygens (including phenoxy) is 1. The van der Waals surface area contributed by atoms with E-state index in [1.165, 1.54) is 13.2 Å². The van der Waals surface area contributed by atoms with E-state index in [0.29, 0.717) is 11.4 Å². The molecule has 0 amide bonds. The Balaban J connectivity index is 2.48. The van der Waals surface area contributed by atoms with Crippen LogP contribution in [0.25, 0.3) is 0 Å². The summed E-state index contributed by atoms with van der Waals surface area (Å²) in [5, 5.41) is 17.0. The lowest BCUT2D eigenvalue weighted by molar-refractivity contribution is 0.0697. The first kappa shape index (κ1) is 17.1. The number of aromatic carboxylic acids is 1. The van der Waals surface area contributed by atoms with Crippen molar-refractivity contribution in [2.24, 2.45) is 5.14 Å². The van der Waals surface area contributed by atoms with Crippen LogP contribution in [0.3, 0.4) is 0 Å². The third-order valence-electron chi connectivity index (χ3n) is 2.98. The fourth-order valence-electron chi connectivity index (χ4n) is 1.88. The maximum atomic E-state index is 11.4. The monoisotopic (exact) mass is 356 g/mol. The van der Waals surface area contributed by atoms with Gasteiger partial charge in [0, 0.05) is 5.69 Å². The molecule has 0 aliphatic heterocycles. The van der Waals surface area contributed by atoms with Gasteiger partial charge in [-0.2, -0.15) is 0 Å². The summed E-state index contributed by atoms with van der Waals surface area (Å²) in [6.45, 7) is 0. The summed E-state index contributed by atoms with van der Waals surface area (Å²) >= 11 is 5.89. The molecule has 122 valence electrons. The smallest absolute Gasteiger partial charge is 0.337 e. The van der Waals surface area contributed by atoms with Crippen LogP contribution in [0.1, 0.15) is 10.4 Å². The van der Waals surface area contributed by atoms with E-state index < -0.39 is 20.9 Å². The van der Waals surface area contributed by atoms with Gasteiger partial charge in [-0.1, -0.05) is 11.6 Å². The van der Waals surface area contributed by atoms with Crippen LogP contribution in [-0.2, 0) is 10.0 Å². The first-order valence-corrected chi connectivity index (χ1v) is 8.15. The van der Waals surface area contributed by atoms with Gasteiger partial charge in [0.25, 0.3) is 0 Å². The van der Waals surface area contributed by atoms with Gasteiger partial charge >= 0.3 is 5.97 Å². The third kappa shape index (κ3) is 3.92. The largest absolute Gasteiger partial charge is 0.497 e. The van der Waals surface area contributed by atoms with Gasteiger partial charge in [0.2, 0.25) is 10.0 Å². The summed E-state index contributed by atoms with van der Waals surface area (Å²) < 4.78 is 27.9. The maximum absolute atomic E-state index is 11.4. The Bertz CT molecular complexity index is 850. The number of benzene rings is 2. The van der Waals surface area contributed by atoms with Gasteiger partial charge in [-0.3, -0.25) is 0 Å². The summed E-state index contributed by atoms with van der Waals surface area (Å²) in [6, 6.07) is 8.84. The zero-order valence-electron chi connectivity index (χ0n) is 11.9. The van der Waals surface area contributed by atoms with E-state index in [2.05, 4.69) is 5.32 Å². The van der Waals surface area contributed by atoms with E-state index in [1.807, 2.05) is 0 Å². The van der Waals surface area contributed by atoms with Crippen LogP contribution in [0.15, 0.2) is 41.3 Å². The van der Waals surface area contributed by atoms with E-state index in [4.69, 9.17) is 21.5 Å². The first-order valence-electron chi connectivity index (χ1n) is 6.23. The fourth-order valence-corrected chi connectivity index (χ4v) is 2.98. The number of anilines is 2. The van der Waals surface area contributed by atoms with Crippen molar-refractivity contribution in [3.63, 3.8) is 0 Å². The zero-order chi connectivity index (χ0) is 17.2. The second-order valence-corrected chi connectivity index (χ2v) is 6.47. The van der Waals surface area contributed by atoms with E-state index in [-0.39, 0.29) is 16.3 Å². The second kappa shape index (κ2) is 6.45. The highest BCUT2D eigenvalue weighted by Gasteiger charge is 2.20. The molecule has 0 unspecified atom stereocenters. The first-order chi connectivity index (χ1) is 10.7. The van der Waals surface area contributed by atoms with Crippen LogP contribution in [0.4, 0.5) is 11.4 Å². The van der Waals surface area contributed by atoms with Crippen LogP contribution in [0, 0.1) is 0 Å². The van der Waals surface area contributed by atoms with Crippen LogP contribution < -0.4 is 15.2 Å². The molecule has 9 heteroatoms. The number of nitrogens with two attached hydrogens (primary N) is 1. The number of rotatable bonds is 5. The number of carboxylic acids is 1. The predicted molar refractivity (Wildman–Crippen MR) is 86.1 cm³/mol. The minimum atomic E-state index is -4.13. The molecule has 0 aliphatic carbocycles. The molecule has 2 rings (SSSR count). The molecule has 0 bridgehead atoms. The number of methoxy groups -OCH3 is 1. The molecule has 4 N–H and O–H groups in total. The minimum absolute atomic E-state index is 0.139. The van der Waals surface area contributed by atoms with E-state index in [1.54, 1.807) is 24.3 Å². The Kier molecular flexibility index (Phi) is 4.79. The van der Waals surface area contributed by atoms with Gasteiger partial charge in [-0.05, 0) is 36.4 Å². The van der Waals surface area contributed by atoms with Crippen molar-refractivity contribution in [2.45, 2.75) is 4.90 Å². The SMILES string of the molecule is COc1ccc(Nc2cc(Cl)c(S(N)(=O)=O)cc2C(=O)O)cc1. The molecule has 2 aromatic carbocycles. The molecule has 0 heterocycles. The zero-order valence-corrected chi connectivity index (χ0v) is 13.5. The van der Waals surface area contributed by atoms with Crippen LogP contribution in [0.2, 0.25) is 5.02 Å². The molecule has 0 saturated heterocycles. The highest BCUT2D eigenvalue weighted by atomic mass is 35.5. The minimum Gasteiger partial charge on any atom is -0.497 e.